The second-order valence-electron chi connectivity index (χ2n) is 6.82. The van der Waals surface area contributed by atoms with E-state index in [9.17, 15) is 8.42 Å². The van der Waals surface area contributed by atoms with Gasteiger partial charge in [-0.3, -0.25) is 0 Å². The molecule has 2 aliphatic rings. The van der Waals surface area contributed by atoms with Crippen LogP contribution in [-0.4, -0.2) is 27.6 Å². The number of fused-ring (bicyclic) bond motifs is 3. The van der Waals surface area contributed by atoms with Gasteiger partial charge in [0.05, 0.1) is 0 Å². The summed E-state index contributed by atoms with van der Waals surface area (Å²) in [7, 11) is -3.87. The van der Waals surface area contributed by atoms with Crippen molar-refractivity contribution in [1.29, 1.82) is 0 Å². The Kier molecular flexibility index (Phi) is 3.96. The molecular formula is C19H21NO4S. The van der Waals surface area contributed by atoms with E-state index in [1.165, 1.54) is 0 Å². The molecule has 25 heavy (non-hydrogen) atoms. The van der Waals surface area contributed by atoms with Crippen LogP contribution in [0, 0.1) is 13.8 Å². The normalized spacial score (nSPS) is 22.0. The fourth-order valence-electron chi connectivity index (χ4n) is 3.70. The highest BCUT2D eigenvalue weighted by atomic mass is 32.2. The summed E-state index contributed by atoms with van der Waals surface area (Å²) in [6, 6.07) is 10.5. The first-order valence-corrected chi connectivity index (χ1v) is 9.87. The molecule has 4 rings (SSSR count). The average molecular weight is 359 g/mol. The first-order valence-electron chi connectivity index (χ1n) is 8.46. The summed E-state index contributed by atoms with van der Waals surface area (Å²) in [6.07, 6.45) is 1.15. The smallest absolute Gasteiger partial charge is 0.339 e. The van der Waals surface area contributed by atoms with Gasteiger partial charge in [0.1, 0.15) is 22.5 Å². The van der Waals surface area contributed by atoms with Crippen molar-refractivity contribution < 1.29 is 17.3 Å². The van der Waals surface area contributed by atoms with E-state index in [1.54, 1.807) is 24.3 Å². The monoisotopic (exact) mass is 359 g/mol. The standard InChI is InChI=1S/C19H21NO4S/c1-12-7-13(2)9-15(8-12)25(21,22)24-14-3-4-16-17-5-6-20-11-19(17)23-18(16)10-14/h3-4,7-10,17,19-20H,5-6,11H2,1-2H3. The van der Waals surface area contributed by atoms with Crippen molar-refractivity contribution in [2.24, 2.45) is 0 Å². The van der Waals surface area contributed by atoms with Crippen molar-refractivity contribution in [2.45, 2.75) is 37.2 Å². The summed E-state index contributed by atoms with van der Waals surface area (Å²) in [5.74, 6) is 1.39. The molecule has 0 amide bonds. The predicted octanol–water partition coefficient (Wildman–Crippen LogP) is 2.91. The quantitative estimate of drug-likeness (QED) is 0.854. The molecule has 5 nitrogen and oxygen atoms in total. The van der Waals surface area contributed by atoms with Crippen LogP contribution in [0.3, 0.4) is 0 Å². The number of hydrogen-bond donors (Lipinski definition) is 1. The SMILES string of the molecule is Cc1cc(C)cc(S(=O)(=O)Oc2ccc3c(c2)OC2CNCCC32)c1. The molecule has 1 N–H and O–H groups in total. The third-order valence-corrected chi connectivity index (χ3v) is 6.00. The lowest BCUT2D eigenvalue weighted by Gasteiger charge is -2.24. The highest BCUT2D eigenvalue weighted by Gasteiger charge is 2.36. The van der Waals surface area contributed by atoms with Crippen LogP contribution in [-0.2, 0) is 10.1 Å². The van der Waals surface area contributed by atoms with E-state index < -0.39 is 10.1 Å². The zero-order chi connectivity index (χ0) is 17.6. The minimum absolute atomic E-state index is 0.120. The van der Waals surface area contributed by atoms with Gasteiger partial charge in [0.25, 0.3) is 0 Å². The van der Waals surface area contributed by atoms with Crippen molar-refractivity contribution in [1.82, 2.24) is 5.32 Å². The van der Waals surface area contributed by atoms with Gasteiger partial charge in [-0.1, -0.05) is 12.1 Å². The maximum absolute atomic E-state index is 12.6. The van der Waals surface area contributed by atoms with E-state index >= 15 is 0 Å². The van der Waals surface area contributed by atoms with Crippen LogP contribution in [0.4, 0.5) is 0 Å². The number of hydrogen-bond acceptors (Lipinski definition) is 5. The van der Waals surface area contributed by atoms with E-state index in [-0.39, 0.29) is 16.7 Å². The second-order valence-corrected chi connectivity index (χ2v) is 8.36. The largest absolute Gasteiger partial charge is 0.488 e. The first-order chi connectivity index (χ1) is 11.9. The van der Waals surface area contributed by atoms with Crippen LogP contribution < -0.4 is 14.2 Å². The minimum Gasteiger partial charge on any atom is -0.488 e. The molecule has 132 valence electrons. The molecule has 0 radical (unpaired) electrons. The van der Waals surface area contributed by atoms with Gasteiger partial charge in [0.15, 0.2) is 0 Å². The molecule has 2 aliphatic heterocycles. The van der Waals surface area contributed by atoms with Gasteiger partial charge in [0.2, 0.25) is 0 Å². The molecule has 1 fully saturated rings. The average Bonchev–Trinajstić information content (AvgIpc) is 2.91. The molecule has 1 saturated heterocycles. The second kappa shape index (κ2) is 6.04. The Labute approximate surface area is 148 Å². The summed E-state index contributed by atoms with van der Waals surface area (Å²) in [6.45, 7) is 5.52. The number of rotatable bonds is 3. The number of piperidine rings is 1. The van der Waals surface area contributed by atoms with Crippen molar-refractivity contribution in [3.8, 4) is 11.5 Å². The van der Waals surface area contributed by atoms with Crippen LogP contribution in [0.1, 0.15) is 29.0 Å². The summed E-state index contributed by atoms with van der Waals surface area (Å²) in [5, 5.41) is 3.32. The number of benzene rings is 2. The lowest BCUT2D eigenvalue weighted by Crippen LogP contribution is -2.39. The van der Waals surface area contributed by atoms with Crippen LogP contribution in [0.5, 0.6) is 11.5 Å². The Hall–Kier alpha value is -2.05. The molecule has 0 spiro atoms. The number of aryl methyl sites for hydroxylation is 2. The maximum atomic E-state index is 12.6. The van der Waals surface area contributed by atoms with Crippen LogP contribution in [0.2, 0.25) is 0 Å². The van der Waals surface area contributed by atoms with Crippen LogP contribution in [0.15, 0.2) is 41.3 Å². The van der Waals surface area contributed by atoms with Gasteiger partial charge < -0.3 is 14.2 Å². The van der Waals surface area contributed by atoms with Crippen LogP contribution in [0.25, 0.3) is 0 Å². The van der Waals surface area contributed by atoms with Gasteiger partial charge in [-0.15, -0.1) is 0 Å². The third-order valence-electron chi connectivity index (χ3n) is 4.78. The molecule has 0 aliphatic carbocycles. The van der Waals surface area contributed by atoms with E-state index in [1.807, 2.05) is 26.0 Å². The number of nitrogens with one attached hydrogen (secondary N) is 1. The predicted molar refractivity (Wildman–Crippen MR) is 94.8 cm³/mol. The highest BCUT2D eigenvalue weighted by Crippen LogP contribution is 2.43. The summed E-state index contributed by atoms with van der Waals surface area (Å²) >= 11 is 0. The van der Waals surface area contributed by atoms with E-state index in [0.717, 1.165) is 42.0 Å². The molecule has 2 atom stereocenters. The molecule has 0 aromatic heterocycles. The lowest BCUT2D eigenvalue weighted by atomic mass is 9.90. The Balaban J connectivity index is 1.61. The van der Waals surface area contributed by atoms with E-state index in [0.29, 0.717) is 5.92 Å². The fourth-order valence-corrected chi connectivity index (χ4v) is 4.81. The van der Waals surface area contributed by atoms with Crippen molar-refractivity contribution in [2.75, 3.05) is 13.1 Å². The van der Waals surface area contributed by atoms with Gasteiger partial charge >= 0.3 is 10.1 Å². The maximum Gasteiger partial charge on any atom is 0.339 e. The molecule has 0 bridgehead atoms. The summed E-state index contributed by atoms with van der Waals surface area (Å²) in [5.41, 5.74) is 2.91. The molecule has 6 heteroatoms. The van der Waals surface area contributed by atoms with E-state index in [2.05, 4.69) is 5.32 Å². The Bertz CT molecular complexity index is 903. The van der Waals surface area contributed by atoms with Gasteiger partial charge in [-0.05, 0) is 56.1 Å². The first kappa shape index (κ1) is 16.4. The topological polar surface area (TPSA) is 64.6 Å². The van der Waals surface area contributed by atoms with Crippen molar-refractivity contribution in [3.63, 3.8) is 0 Å². The fraction of sp³-hybridized carbons (Fsp3) is 0.368. The van der Waals surface area contributed by atoms with Gasteiger partial charge in [-0.2, -0.15) is 8.42 Å². The Morgan fingerprint density at radius 1 is 1.12 bits per heavy atom. The van der Waals surface area contributed by atoms with Crippen molar-refractivity contribution in [3.05, 3.63) is 53.1 Å². The lowest BCUT2D eigenvalue weighted by molar-refractivity contribution is 0.176. The molecule has 2 aromatic carbocycles. The Morgan fingerprint density at radius 2 is 1.88 bits per heavy atom. The molecule has 2 heterocycles. The van der Waals surface area contributed by atoms with Gasteiger partial charge in [0, 0.05) is 24.1 Å². The van der Waals surface area contributed by atoms with Gasteiger partial charge in [-0.25, -0.2) is 0 Å². The molecular weight excluding hydrogens is 338 g/mol. The van der Waals surface area contributed by atoms with Crippen molar-refractivity contribution >= 4 is 10.1 Å². The minimum atomic E-state index is -3.87. The highest BCUT2D eigenvalue weighted by molar-refractivity contribution is 7.87. The van der Waals surface area contributed by atoms with E-state index in [4.69, 9.17) is 8.92 Å². The zero-order valence-corrected chi connectivity index (χ0v) is 15.1. The van der Waals surface area contributed by atoms with Crippen LogP contribution >= 0.6 is 0 Å². The summed E-state index contributed by atoms with van der Waals surface area (Å²) in [4.78, 5) is 0.171. The summed E-state index contributed by atoms with van der Waals surface area (Å²) < 4.78 is 36.5. The molecule has 2 aromatic rings. The number of ether oxygens (including phenoxy) is 1. The molecule has 2 unspecified atom stereocenters. The third kappa shape index (κ3) is 3.12. The Morgan fingerprint density at radius 3 is 2.64 bits per heavy atom. The molecule has 0 saturated carbocycles. The zero-order valence-electron chi connectivity index (χ0n) is 14.3.